The molecule has 0 radical (unpaired) electrons. The summed E-state index contributed by atoms with van der Waals surface area (Å²) >= 11 is 0. The van der Waals surface area contributed by atoms with Gasteiger partial charge in [-0.2, -0.15) is 5.10 Å². The molecule has 2 N–H and O–H groups in total. The third kappa shape index (κ3) is 3.90. The van der Waals surface area contributed by atoms with E-state index in [4.69, 9.17) is 5.11 Å². The van der Waals surface area contributed by atoms with Crippen LogP contribution in [0.25, 0.3) is 0 Å². The van der Waals surface area contributed by atoms with Crippen LogP contribution >= 0.6 is 0 Å². The first kappa shape index (κ1) is 13.2. The number of rotatable bonds is 6. The number of aliphatic carboxylic acids is 1. The zero-order valence-corrected chi connectivity index (χ0v) is 10.1. The first-order chi connectivity index (χ1) is 8.04. The second kappa shape index (κ2) is 6.03. The number of amides is 1. The molecule has 0 aliphatic rings. The van der Waals surface area contributed by atoms with E-state index in [0.717, 1.165) is 5.69 Å². The van der Waals surface area contributed by atoms with Gasteiger partial charge in [-0.25, -0.2) is 0 Å². The smallest absolute Gasteiger partial charge is 0.303 e. The lowest BCUT2D eigenvalue weighted by atomic mass is 10.3. The third-order valence-corrected chi connectivity index (χ3v) is 2.29. The maximum atomic E-state index is 11.8. The predicted octanol–water partition coefficient (Wildman–Crippen LogP) is 0.806. The van der Waals surface area contributed by atoms with Crippen molar-refractivity contribution in [3.05, 3.63) is 17.5 Å². The molecule has 0 bridgehead atoms. The fourth-order valence-electron chi connectivity index (χ4n) is 1.50. The van der Waals surface area contributed by atoms with Crippen molar-refractivity contribution in [2.45, 2.75) is 33.2 Å². The number of aromatic nitrogens is 2. The number of carbonyl (C=O) groups excluding carboxylic acids is 1. The maximum Gasteiger partial charge on any atom is 0.303 e. The quantitative estimate of drug-likeness (QED) is 0.719. The Labute approximate surface area is 99.6 Å². The summed E-state index contributed by atoms with van der Waals surface area (Å²) in [5, 5.41) is 15.3. The Morgan fingerprint density at radius 1 is 1.53 bits per heavy atom. The van der Waals surface area contributed by atoms with Gasteiger partial charge < -0.3 is 10.4 Å². The van der Waals surface area contributed by atoms with Gasteiger partial charge in [-0.05, 0) is 26.3 Å². The minimum atomic E-state index is -0.853. The van der Waals surface area contributed by atoms with Gasteiger partial charge in [0.1, 0.15) is 5.69 Å². The van der Waals surface area contributed by atoms with Crippen LogP contribution in [0.4, 0.5) is 0 Å². The monoisotopic (exact) mass is 239 g/mol. The van der Waals surface area contributed by atoms with Crippen LogP contribution in [0.2, 0.25) is 0 Å². The van der Waals surface area contributed by atoms with E-state index in [1.54, 1.807) is 10.7 Å². The lowest BCUT2D eigenvalue weighted by Gasteiger charge is -2.05. The number of nitrogens with zero attached hydrogens (tertiary/aromatic N) is 2. The summed E-state index contributed by atoms with van der Waals surface area (Å²) < 4.78 is 1.63. The summed E-state index contributed by atoms with van der Waals surface area (Å²) in [7, 11) is 0. The van der Waals surface area contributed by atoms with Crippen LogP contribution in [0.3, 0.4) is 0 Å². The SMILES string of the molecule is CCn1nc(C)cc1C(=O)NCCCC(=O)O. The van der Waals surface area contributed by atoms with Gasteiger partial charge in [0.2, 0.25) is 0 Å². The molecule has 0 aliphatic heterocycles. The Hall–Kier alpha value is -1.85. The van der Waals surface area contributed by atoms with E-state index in [-0.39, 0.29) is 12.3 Å². The molecular weight excluding hydrogens is 222 g/mol. The fourth-order valence-corrected chi connectivity index (χ4v) is 1.50. The van der Waals surface area contributed by atoms with Crippen molar-refractivity contribution in [1.82, 2.24) is 15.1 Å². The van der Waals surface area contributed by atoms with Gasteiger partial charge in [0.15, 0.2) is 0 Å². The van der Waals surface area contributed by atoms with E-state index in [0.29, 0.717) is 25.2 Å². The van der Waals surface area contributed by atoms with Crippen molar-refractivity contribution < 1.29 is 14.7 Å². The molecule has 0 saturated heterocycles. The Kier molecular flexibility index (Phi) is 4.68. The second-order valence-corrected chi connectivity index (χ2v) is 3.74. The largest absolute Gasteiger partial charge is 0.481 e. The number of aryl methyl sites for hydroxylation is 2. The lowest BCUT2D eigenvalue weighted by Crippen LogP contribution is -2.27. The van der Waals surface area contributed by atoms with E-state index in [1.165, 1.54) is 0 Å². The van der Waals surface area contributed by atoms with E-state index >= 15 is 0 Å². The predicted molar refractivity (Wildman–Crippen MR) is 61.8 cm³/mol. The van der Waals surface area contributed by atoms with Gasteiger partial charge in [0.05, 0.1) is 5.69 Å². The molecule has 1 aromatic heterocycles. The minimum Gasteiger partial charge on any atom is -0.481 e. The highest BCUT2D eigenvalue weighted by Crippen LogP contribution is 2.03. The first-order valence-electron chi connectivity index (χ1n) is 5.59. The third-order valence-electron chi connectivity index (χ3n) is 2.29. The molecule has 0 spiro atoms. The molecule has 0 atom stereocenters. The number of hydrogen-bond acceptors (Lipinski definition) is 3. The maximum absolute atomic E-state index is 11.8. The van der Waals surface area contributed by atoms with Crippen LogP contribution in [-0.4, -0.2) is 33.3 Å². The van der Waals surface area contributed by atoms with Crippen molar-refractivity contribution in [3.8, 4) is 0 Å². The van der Waals surface area contributed by atoms with E-state index in [9.17, 15) is 9.59 Å². The molecule has 0 aliphatic carbocycles. The fraction of sp³-hybridized carbons (Fsp3) is 0.545. The Balaban J connectivity index is 2.49. The zero-order valence-electron chi connectivity index (χ0n) is 10.1. The lowest BCUT2D eigenvalue weighted by molar-refractivity contribution is -0.137. The highest BCUT2D eigenvalue weighted by molar-refractivity contribution is 5.92. The molecule has 1 amide bonds. The highest BCUT2D eigenvalue weighted by atomic mass is 16.4. The summed E-state index contributed by atoms with van der Waals surface area (Å²) in [6.45, 7) is 4.73. The molecular formula is C11H17N3O3. The van der Waals surface area contributed by atoms with Gasteiger partial charge in [0.25, 0.3) is 5.91 Å². The molecule has 6 heteroatoms. The van der Waals surface area contributed by atoms with E-state index in [2.05, 4.69) is 10.4 Å². The topological polar surface area (TPSA) is 84.2 Å². The van der Waals surface area contributed by atoms with Gasteiger partial charge >= 0.3 is 5.97 Å². The van der Waals surface area contributed by atoms with Crippen LogP contribution in [0, 0.1) is 6.92 Å². The molecule has 0 unspecified atom stereocenters. The summed E-state index contributed by atoms with van der Waals surface area (Å²) in [6.07, 6.45) is 0.493. The van der Waals surface area contributed by atoms with Crippen LogP contribution < -0.4 is 5.32 Å². The Morgan fingerprint density at radius 3 is 2.82 bits per heavy atom. The zero-order chi connectivity index (χ0) is 12.8. The molecule has 1 rings (SSSR count). The molecule has 0 fully saturated rings. The van der Waals surface area contributed by atoms with Crippen molar-refractivity contribution in [1.29, 1.82) is 0 Å². The van der Waals surface area contributed by atoms with Gasteiger partial charge in [0, 0.05) is 19.5 Å². The number of hydrogen-bond donors (Lipinski definition) is 2. The summed E-state index contributed by atoms with van der Waals surface area (Å²) in [6, 6.07) is 1.72. The molecule has 0 saturated carbocycles. The molecule has 1 aromatic rings. The van der Waals surface area contributed by atoms with Crippen molar-refractivity contribution >= 4 is 11.9 Å². The molecule has 0 aromatic carbocycles. The minimum absolute atomic E-state index is 0.0619. The molecule has 6 nitrogen and oxygen atoms in total. The number of carboxylic acids is 1. The Morgan fingerprint density at radius 2 is 2.24 bits per heavy atom. The van der Waals surface area contributed by atoms with Gasteiger partial charge in [-0.1, -0.05) is 0 Å². The van der Waals surface area contributed by atoms with E-state index in [1.807, 2.05) is 13.8 Å². The van der Waals surface area contributed by atoms with E-state index < -0.39 is 5.97 Å². The second-order valence-electron chi connectivity index (χ2n) is 3.74. The normalized spacial score (nSPS) is 10.2. The van der Waals surface area contributed by atoms with Crippen LogP contribution in [0.5, 0.6) is 0 Å². The van der Waals surface area contributed by atoms with Crippen molar-refractivity contribution in [2.75, 3.05) is 6.54 Å². The molecule has 17 heavy (non-hydrogen) atoms. The van der Waals surface area contributed by atoms with Crippen molar-refractivity contribution in [2.24, 2.45) is 0 Å². The number of carboxylic acid groups (broad SMARTS) is 1. The van der Waals surface area contributed by atoms with Gasteiger partial charge in [-0.15, -0.1) is 0 Å². The Bertz CT molecular complexity index is 412. The summed E-state index contributed by atoms with van der Waals surface area (Å²) in [5.74, 6) is -1.06. The average molecular weight is 239 g/mol. The van der Waals surface area contributed by atoms with Crippen LogP contribution in [0.15, 0.2) is 6.07 Å². The summed E-state index contributed by atoms with van der Waals surface area (Å²) in [4.78, 5) is 22.1. The number of nitrogens with one attached hydrogen (secondary N) is 1. The standard InChI is InChI=1S/C11H17N3O3/c1-3-14-9(7-8(2)13-14)11(17)12-6-4-5-10(15)16/h7H,3-6H2,1-2H3,(H,12,17)(H,15,16). The van der Waals surface area contributed by atoms with Crippen LogP contribution in [-0.2, 0) is 11.3 Å². The first-order valence-corrected chi connectivity index (χ1v) is 5.59. The summed E-state index contributed by atoms with van der Waals surface area (Å²) in [5.41, 5.74) is 1.31. The van der Waals surface area contributed by atoms with Crippen molar-refractivity contribution in [3.63, 3.8) is 0 Å². The average Bonchev–Trinajstić information content (AvgIpc) is 2.65. The molecule has 1 heterocycles. The van der Waals surface area contributed by atoms with Crippen LogP contribution in [0.1, 0.15) is 35.9 Å². The number of carbonyl (C=O) groups is 2. The van der Waals surface area contributed by atoms with Gasteiger partial charge in [-0.3, -0.25) is 14.3 Å². The highest BCUT2D eigenvalue weighted by Gasteiger charge is 2.12. The molecule has 94 valence electrons.